The standard InChI is InChI=1S/C14H10Cl2F5N7O3S2/c1-32(29,30)27(5-11-24-6-31-26-11)13-10(4-22)25-28(14(13)23)12-8(15)2-7(3-9(12)16)33(17,18,19,20)21/h2-3,6H,5,23H2,1H3. The highest BCUT2D eigenvalue weighted by atomic mass is 35.5. The largest absolute Gasteiger partial charge is 0.382 e. The Kier molecular flexibility index (Phi) is 5.34. The third-order valence-electron chi connectivity index (χ3n) is 3.99. The van der Waals surface area contributed by atoms with Crippen molar-refractivity contribution in [2.24, 2.45) is 0 Å². The van der Waals surface area contributed by atoms with Crippen LogP contribution in [0.4, 0.5) is 30.9 Å². The van der Waals surface area contributed by atoms with Crippen LogP contribution < -0.4 is 10.0 Å². The lowest BCUT2D eigenvalue weighted by Gasteiger charge is -2.40. The van der Waals surface area contributed by atoms with Gasteiger partial charge < -0.3 is 10.3 Å². The Bertz CT molecular complexity index is 1380. The maximum Gasteiger partial charge on any atom is 0.310 e. The number of nitrogen functional groups attached to an aromatic ring is 1. The zero-order chi connectivity index (χ0) is 25.0. The van der Waals surface area contributed by atoms with Crippen LogP contribution >= 0.6 is 33.4 Å². The first kappa shape index (κ1) is 24.8. The molecule has 0 atom stereocenters. The van der Waals surface area contributed by atoms with E-state index in [9.17, 15) is 33.1 Å². The molecule has 19 heteroatoms. The summed E-state index contributed by atoms with van der Waals surface area (Å²) in [5.74, 6) is -0.739. The van der Waals surface area contributed by atoms with Crippen molar-refractivity contribution in [1.82, 2.24) is 19.9 Å². The molecule has 0 aliphatic carbocycles. The van der Waals surface area contributed by atoms with E-state index in [0.29, 0.717) is 8.99 Å². The maximum atomic E-state index is 13.2. The highest BCUT2D eigenvalue weighted by Crippen LogP contribution is 3.02. The number of benzene rings is 1. The summed E-state index contributed by atoms with van der Waals surface area (Å²) in [7, 11) is -14.3. The van der Waals surface area contributed by atoms with Crippen LogP contribution in [-0.4, -0.2) is 34.6 Å². The summed E-state index contributed by atoms with van der Waals surface area (Å²) < 4.78 is 96.2. The molecule has 0 amide bonds. The van der Waals surface area contributed by atoms with E-state index in [-0.39, 0.29) is 18.0 Å². The molecule has 0 saturated carbocycles. The molecule has 0 saturated heterocycles. The van der Waals surface area contributed by atoms with E-state index in [0.717, 1.165) is 12.6 Å². The SMILES string of the molecule is CS(=O)(=O)N(Cc1ncon1)c1c(C#N)nn(-c2c(Cl)cc(S(F)(F)(F)(F)F)cc2Cl)c1N. The molecule has 3 rings (SSSR count). The molecule has 3 aromatic rings. The van der Waals surface area contributed by atoms with Crippen LogP contribution in [0.5, 0.6) is 0 Å². The molecule has 180 valence electrons. The Morgan fingerprint density at radius 3 is 2.24 bits per heavy atom. The summed E-state index contributed by atoms with van der Waals surface area (Å²) in [4.78, 5) is 1.30. The third kappa shape index (κ3) is 4.93. The third-order valence-corrected chi connectivity index (χ3v) is 6.81. The van der Waals surface area contributed by atoms with Gasteiger partial charge in [-0.25, -0.2) is 13.1 Å². The first-order chi connectivity index (χ1) is 14.8. The van der Waals surface area contributed by atoms with Crippen molar-refractivity contribution in [3.05, 3.63) is 40.1 Å². The monoisotopic (exact) mass is 553 g/mol. The normalized spacial score (nSPS) is 14.4. The first-order valence-electron chi connectivity index (χ1n) is 8.08. The lowest BCUT2D eigenvalue weighted by Crippen LogP contribution is -2.31. The zero-order valence-electron chi connectivity index (χ0n) is 15.9. The average Bonchev–Trinajstić information content (AvgIpc) is 3.24. The molecule has 33 heavy (non-hydrogen) atoms. The number of nitrogens with two attached hydrogens (primary N) is 1. The van der Waals surface area contributed by atoms with E-state index in [4.69, 9.17) is 28.9 Å². The van der Waals surface area contributed by atoms with Gasteiger partial charge in [-0.05, 0) is 12.1 Å². The van der Waals surface area contributed by atoms with Crippen molar-refractivity contribution in [2.45, 2.75) is 11.4 Å². The maximum absolute atomic E-state index is 13.2. The van der Waals surface area contributed by atoms with Crippen molar-refractivity contribution in [3.8, 4) is 11.8 Å². The summed E-state index contributed by atoms with van der Waals surface area (Å²) in [5.41, 5.74) is 4.24. The van der Waals surface area contributed by atoms with E-state index < -0.39 is 64.6 Å². The number of aromatic nitrogens is 4. The molecule has 0 radical (unpaired) electrons. The number of nitrogens with zero attached hydrogens (tertiary/aromatic N) is 6. The molecule has 10 nitrogen and oxygen atoms in total. The number of halogens is 7. The Morgan fingerprint density at radius 2 is 1.82 bits per heavy atom. The fourth-order valence-electron chi connectivity index (χ4n) is 2.63. The summed E-state index contributed by atoms with van der Waals surface area (Å²) in [6.07, 6.45) is 1.67. The number of hydrogen-bond acceptors (Lipinski definition) is 8. The first-order valence-corrected chi connectivity index (χ1v) is 12.6. The molecule has 0 unspecified atom stereocenters. The van der Waals surface area contributed by atoms with E-state index in [1.165, 1.54) is 0 Å². The molecule has 0 aliphatic heterocycles. The Labute approximate surface area is 192 Å². The molecular formula is C14H10Cl2F5N7O3S2. The minimum Gasteiger partial charge on any atom is -0.382 e. The molecule has 0 spiro atoms. The van der Waals surface area contributed by atoms with E-state index in [1.807, 2.05) is 0 Å². The van der Waals surface area contributed by atoms with Gasteiger partial charge in [-0.1, -0.05) is 47.8 Å². The van der Waals surface area contributed by atoms with Gasteiger partial charge in [0, 0.05) is 0 Å². The summed E-state index contributed by atoms with van der Waals surface area (Å²) in [6, 6.07) is 1.43. The van der Waals surface area contributed by atoms with Crippen LogP contribution in [-0.2, 0) is 16.6 Å². The second-order valence-corrected chi connectivity index (χ2v) is 11.6. The molecule has 2 N–H and O–H groups in total. The Balaban J connectivity index is 2.25. The lowest BCUT2D eigenvalue weighted by atomic mass is 10.3. The zero-order valence-corrected chi connectivity index (χ0v) is 19.0. The van der Waals surface area contributed by atoms with Gasteiger partial charge >= 0.3 is 10.2 Å². The molecular weight excluding hydrogens is 544 g/mol. The second-order valence-electron chi connectivity index (χ2n) is 6.43. The van der Waals surface area contributed by atoms with Gasteiger partial charge in [0.15, 0.2) is 17.3 Å². The van der Waals surface area contributed by atoms with E-state index in [2.05, 4.69) is 19.8 Å². The van der Waals surface area contributed by atoms with Crippen LogP contribution in [0.3, 0.4) is 0 Å². The molecule has 1 aromatic carbocycles. The average molecular weight is 554 g/mol. The highest BCUT2D eigenvalue weighted by molar-refractivity contribution is 8.45. The van der Waals surface area contributed by atoms with Gasteiger partial charge in [-0.15, -0.1) is 0 Å². The van der Waals surface area contributed by atoms with Crippen molar-refractivity contribution >= 4 is 55.0 Å². The van der Waals surface area contributed by atoms with Crippen LogP contribution in [0.25, 0.3) is 5.69 Å². The number of sulfonamides is 1. The van der Waals surface area contributed by atoms with Gasteiger partial charge in [0.2, 0.25) is 16.4 Å². The summed E-state index contributed by atoms with van der Waals surface area (Å²) >= 11 is 11.6. The predicted molar refractivity (Wildman–Crippen MR) is 109 cm³/mol. The van der Waals surface area contributed by atoms with Gasteiger partial charge in [0.1, 0.15) is 22.3 Å². The van der Waals surface area contributed by atoms with Crippen LogP contribution in [0.2, 0.25) is 10.0 Å². The van der Waals surface area contributed by atoms with Crippen LogP contribution in [0, 0.1) is 11.3 Å². The molecule has 2 heterocycles. The van der Waals surface area contributed by atoms with Gasteiger partial charge in [0.25, 0.3) is 0 Å². The molecule has 0 aliphatic rings. The summed E-state index contributed by atoms with van der Waals surface area (Å²) in [6.45, 7) is -0.565. The van der Waals surface area contributed by atoms with E-state index >= 15 is 0 Å². The Hall–Kier alpha value is -2.81. The lowest BCUT2D eigenvalue weighted by molar-refractivity contribution is 0.364. The van der Waals surface area contributed by atoms with Crippen molar-refractivity contribution < 1.29 is 32.4 Å². The van der Waals surface area contributed by atoms with Crippen LogP contribution in [0.15, 0.2) is 27.9 Å². The molecule has 2 aromatic heterocycles. The predicted octanol–water partition coefficient (Wildman–Crippen LogP) is 4.64. The minimum absolute atomic E-state index is 0.0786. The van der Waals surface area contributed by atoms with Gasteiger partial charge in [0.05, 0.1) is 22.8 Å². The number of nitriles is 1. The van der Waals surface area contributed by atoms with Gasteiger partial charge in [-0.3, -0.25) is 4.31 Å². The van der Waals surface area contributed by atoms with Crippen molar-refractivity contribution in [1.29, 1.82) is 5.26 Å². The highest BCUT2D eigenvalue weighted by Gasteiger charge is 2.65. The number of anilines is 2. The summed E-state index contributed by atoms with van der Waals surface area (Å²) in [5, 5.41) is 14.8. The smallest absolute Gasteiger partial charge is 0.310 e. The fraction of sp³-hybridized carbons (Fsp3) is 0.143. The minimum atomic E-state index is -10.1. The quantitative estimate of drug-likeness (QED) is 0.434. The molecule has 0 bridgehead atoms. The van der Waals surface area contributed by atoms with Crippen molar-refractivity contribution in [3.63, 3.8) is 0 Å². The van der Waals surface area contributed by atoms with E-state index in [1.54, 1.807) is 6.07 Å². The number of hydrogen-bond donors (Lipinski definition) is 1. The van der Waals surface area contributed by atoms with Crippen molar-refractivity contribution in [2.75, 3.05) is 16.3 Å². The van der Waals surface area contributed by atoms with Gasteiger partial charge in [-0.2, -0.15) is 15.3 Å². The molecule has 0 fully saturated rings. The topological polar surface area (TPSA) is 144 Å². The number of rotatable bonds is 6. The second kappa shape index (κ2) is 7.09. The Morgan fingerprint density at radius 1 is 1.24 bits per heavy atom. The van der Waals surface area contributed by atoms with Crippen LogP contribution in [0.1, 0.15) is 11.5 Å². The fourth-order valence-corrected chi connectivity index (χ4v) is 4.95.